The molecule has 2 aliphatic rings. The molecule has 1 aliphatic carbocycles. The van der Waals surface area contributed by atoms with Crippen LogP contribution in [0.2, 0.25) is 0 Å². The molecule has 80 valence electrons. The van der Waals surface area contributed by atoms with E-state index in [2.05, 4.69) is 5.48 Å². The minimum absolute atomic E-state index is 0.0689. The molecule has 0 aromatic carbocycles. The summed E-state index contributed by atoms with van der Waals surface area (Å²) in [6.07, 6.45) is 7.09. The Kier molecular flexibility index (Phi) is 3.70. The van der Waals surface area contributed by atoms with Crippen LogP contribution in [-0.4, -0.2) is 23.0 Å². The van der Waals surface area contributed by atoms with Gasteiger partial charge in [-0.15, -0.1) is 11.8 Å². The quantitative estimate of drug-likeness (QED) is 0.730. The molecule has 4 heteroatoms. The second-order valence-corrected chi connectivity index (χ2v) is 5.30. The van der Waals surface area contributed by atoms with Gasteiger partial charge in [-0.25, -0.2) is 5.48 Å². The van der Waals surface area contributed by atoms with Gasteiger partial charge in [0.05, 0.1) is 11.4 Å². The van der Waals surface area contributed by atoms with Gasteiger partial charge < -0.3 is 0 Å². The third kappa shape index (κ3) is 2.64. The van der Waals surface area contributed by atoms with Crippen LogP contribution in [0.4, 0.5) is 0 Å². The van der Waals surface area contributed by atoms with Crippen molar-refractivity contribution in [3.05, 3.63) is 0 Å². The van der Waals surface area contributed by atoms with Gasteiger partial charge in [-0.05, 0) is 31.4 Å². The Hall–Kier alpha value is -0.220. The van der Waals surface area contributed by atoms with E-state index in [0.29, 0.717) is 0 Å². The summed E-state index contributed by atoms with van der Waals surface area (Å²) in [4.78, 5) is 16.9. The van der Waals surface area contributed by atoms with Crippen molar-refractivity contribution in [2.75, 3.05) is 5.75 Å². The number of hydrogen-bond donors (Lipinski definition) is 1. The van der Waals surface area contributed by atoms with Crippen molar-refractivity contribution in [3.63, 3.8) is 0 Å². The van der Waals surface area contributed by atoms with Crippen molar-refractivity contribution in [3.8, 4) is 0 Å². The number of nitrogens with one attached hydrogen (secondary N) is 1. The summed E-state index contributed by atoms with van der Waals surface area (Å²) in [7, 11) is 0. The molecule has 1 unspecified atom stereocenters. The molecule has 0 spiro atoms. The van der Waals surface area contributed by atoms with Gasteiger partial charge >= 0.3 is 0 Å². The molecule has 1 heterocycles. The zero-order valence-corrected chi connectivity index (χ0v) is 9.15. The monoisotopic (exact) mass is 215 g/mol. The average molecular weight is 215 g/mol. The van der Waals surface area contributed by atoms with Crippen molar-refractivity contribution >= 4 is 17.7 Å². The van der Waals surface area contributed by atoms with Crippen LogP contribution < -0.4 is 5.48 Å². The lowest BCUT2D eigenvalue weighted by atomic mass is 10.2. The molecule has 2 rings (SSSR count). The van der Waals surface area contributed by atoms with E-state index in [-0.39, 0.29) is 17.3 Å². The van der Waals surface area contributed by atoms with Crippen molar-refractivity contribution in [2.45, 2.75) is 49.9 Å². The van der Waals surface area contributed by atoms with E-state index in [9.17, 15) is 4.79 Å². The second kappa shape index (κ2) is 5.03. The zero-order valence-electron chi connectivity index (χ0n) is 8.33. The molecule has 0 aromatic heterocycles. The summed E-state index contributed by atoms with van der Waals surface area (Å²) in [6.45, 7) is 0. The third-order valence-corrected chi connectivity index (χ3v) is 4.23. The zero-order chi connectivity index (χ0) is 9.80. The highest BCUT2D eigenvalue weighted by atomic mass is 32.2. The highest BCUT2D eigenvalue weighted by molar-refractivity contribution is 8.00. The number of amides is 1. The minimum Gasteiger partial charge on any atom is -0.272 e. The van der Waals surface area contributed by atoms with Gasteiger partial charge in [0.15, 0.2) is 0 Å². The van der Waals surface area contributed by atoms with Gasteiger partial charge in [0, 0.05) is 0 Å². The molecule has 1 amide bonds. The second-order valence-electron chi connectivity index (χ2n) is 3.99. The lowest BCUT2D eigenvalue weighted by Gasteiger charge is -2.13. The maximum atomic E-state index is 11.5. The van der Waals surface area contributed by atoms with E-state index in [1.807, 2.05) is 0 Å². The molecule has 3 nitrogen and oxygen atoms in total. The highest BCUT2D eigenvalue weighted by Crippen LogP contribution is 2.26. The van der Waals surface area contributed by atoms with Gasteiger partial charge in [0.25, 0.3) is 5.91 Å². The fourth-order valence-electron chi connectivity index (χ4n) is 2.00. The van der Waals surface area contributed by atoms with E-state index in [1.54, 1.807) is 11.8 Å². The molecule has 1 saturated heterocycles. The van der Waals surface area contributed by atoms with Gasteiger partial charge in [0.2, 0.25) is 0 Å². The topological polar surface area (TPSA) is 38.3 Å². The van der Waals surface area contributed by atoms with E-state index in [0.717, 1.165) is 31.4 Å². The smallest absolute Gasteiger partial charge is 0.256 e. The fourth-order valence-corrected chi connectivity index (χ4v) is 3.15. The lowest BCUT2D eigenvalue weighted by Crippen LogP contribution is -2.34. The average Bonchev–Trinajstić information content (AvgIpc) is 2.87. The van der Waals surface area contributed by atoms with Crippen molar-refractivity contribution in [2.24, 2.45) is 0 Å². The van der Waals surface area contributed by atoms with Crippen LogP contribution in [0.25, 0.3) is 0 Å². The van der Waals surface area contributed by atoms with Crippen LogP contribution in [0.15, 0.2) is 0 Å². The molecule has 0 bridgehead atoms. The molecule has 1 N–H and O–H groups in total. The number of carbonyl (C=O) groups excluding carboxylic acids is 1. The van der Waals surface area contributed by atoms with Crippen LogP contribution >= 0.6 is 11.8 Å². The van der Waals surface area contributed by atoms with E-state index in [4.69, 9.17) is 4.84 Å². The first-order chi connectivity index (χ1) is 6.86. The predicted octanol–water partition coefficient (Wildman–Crippen LogP) is 1.87. The van der Waals surface area contributed by atoms with Gasteiger partial charge in [-0.2, -0.15) is 0 Å². The Morgan fingerprint density at radius 1 is 1.21 bits per heavy atom. The Labute approximate surface area is 88.9 Å². The number of hydrogen-bond acceptors (Lipinski definition) is 3. The van der Waals surface area contributed by atoms with E-state index in [1.165, 1.54) is 12.8 Å². The van der Waals surface area contributed by atoms with Crippen LogP contribution in [-0.2, 0) is 9.63 Å². The Morgan fingerprint density at radius 3 is 2.64 bits per heavy atom. The number of hydroxylamine groups is 1. The summed E-state index contributed by atoms with van der Waals surface area (Å²) in [5.74, 6) is 1.18. The summed E-state index contributed by atoms with van der Waals surface area (Å²) >= 11 is 1.74. The molecule has 1 aliphatic heterocycles. The maximum absolute atomic E-state index is 11.5. The fraction of sp³-hybridized carbons (Fsp3) is 0.900. The number of thioether (sulfide) groups is 1. The molecule has 1 atom stereocenters. The SMILES string of the molecule is O=C(NOC1CCCC1)C1CCCS1. The minimum atomic E-state index is 0.0689. The number of rotatable bonds is 3. The van der Waals surface area contributed by atoms with E-state index < -0.39 is 0 Å². The number of carbonyl (C=O) groups is 1. The third-order valence-electron chi connectivity index (χ3n) is 2.85. The Balaban J connectivity index is 1.66. The molecular formula is C10H17NO2S. The van der Waals surface area contributed by atoms with Gasteiger partial charge in [0.1, 0.15) is 0 Å². The standard InChI is InChI=1S/C10H17NO2S/c12-10(9-6-3-7-14-9)11-13-8-4-1-2-5-8/h8-9H,1-7H2,(H,11,12). The van der Waals surface area contributed by atoms with Crippen molar-refractivity contribution in [1.82, 2.24) is 5.48 Å². The largest absolute Gasteiger partial charge is 0.272 e. The van der Waals surface area contributed by atoms with Crippen LogP contribution in [0.5, 0.6) is 0 Å². The van der Waals surface area contributed by atoms with Crippen LogP contribution in [0, 0.1) is 0 Å². The summed E-state index contributed by atoms with van der Waals surface area (Å²) < 4.78 is 0. The Morgan fingerprint density at radius 2 is 2.00 bits per heavy atom. The molecular weight excluding hydrogens is 198 g/mol. The first kappa shape index (κ1) is 10.3. The first-order valence-corrected chi connectivity index (χ1v) is 6.48. The summed E-state index contributed by atoms with van der Waals surface area (Å²) in [5, 5.41) is 0.136. The molecule has 0 radical (unpaired) electrons. The predicted molar refractivity (Wildman–Crippen MR) is 57.0 cm³/mol. The molecule has 2 fully saturated rings. The maximum Gasteiger partial charge on any atom is 0.256 e. The van der Waals surface area contributed by atoms with Crippen molar-refractivity contribution < 1.29 is 9.63 Å². The van der Waals surface area contributed by atoms with Crippen LogP contribution in [0.3, 0.4) is 0 Å². The first-order valence-electron chi connectivity index (χ1n) is 5.43. The molecule has 0 aromatic rings. The van der Waals surface area contributed by atoms with Gasteiger partial charge in [-0.3, -0.25) is 9.63 Å². The molecule has 14 heavy (non-hydrogen) atoms. The van der Waals surface area contributed by atoms with Gasteiger partial charge in [-0.1, -0.05) is 12.8 Å². The van der Waals surface area contributed by atoms with Crippen LogP contribution in [0.1, 0.15) is 38.5 Å². The normalized spacial score (nSPS) is 28.1. The van der Waals surface area contributed by atoms with Crippen molar-refractivity contribution in [1.29, 1.82) is 0 Å². The lowest BCUT2D eigenvalue weighted by molar-refractivity contribution is -0.137. The Bertz CT molecular complexity index is 198. The van der Waals surface area contributed by atoms with E-state index >= 15 is 0 Å². The summed E-state index contributed by atoms with van der Waals surface area (Å²) in [6, 6.07) is 0. The molecule has 1 saturated carbocycles. The summed E-state index contributed by atoms with van der Waals surface area (Å²) in [5.41, 5.74) is 2.61. The highest BCUT2D eigenvalue weighted by Gasteiger charge is 2.24.